The number of nitrogens with zero attached hydrogens (tertiary/aromatic N) is 1. The molecule has 1 aromatic heterocycles. The zero-order chi connectivity index (χ0) is 19.2. The van der Waals surface area contributed by atoms with Crippen LogP contribution in [0.15, 0.2) is 67.0 Å². The monoisotopic (exact) mass is 363 g/mol. The van der Waals surface area contributed by atoms with Crippen molar-refractivity contribution >= 4 is 23.2 Å². The van der Waals surface area contributed by atoms with Crippen molar-refractivity contribution in [2.45, 2.75) is 13.3 Å². The van der Waals surface area contributed by atoms with Crippen molar-refractivity contribution in [2.24, 2.45) is 0 Å². The average molecular weight is 363 g/mol. The van der Waals surface area contributed by atoms with E-state index in [0.717, 1.165) is 17.7 Å². The molecule has 0 radical (unpaired) electrons. The quantitative estimate of drug-likeness (QED) is 0.710. The number of carbonyl (C=O) groups is 2. The second-order valence-electron chi connectivity index (χ2n) is 5.89. The van der Waals surface area contributed by atoms with E-state index in [1.807, 2.05) is 31.2 Å². The Hall–Kier alpha value is -3.54. The summed E-state index contributed by atoms with van der Waals surface area (Å²) in [6.45, 7) is 2.00. The minimum atomic E-state index is -0.475. The van der Waals surface area contributed by atoms with Gasteiger partial charge in [0, 0.05) is 23.8 Å². The number of rotatable bonds is 5. The molecule has 5 nitrogen and oxygen atoms in total. The molecule has 6 heteroatoms. The number of pyridine rings is 1. The molecule has 3 aromatic rings. The summed E-state index contributed by atoms with van der Waals surface area (Å²) in [5.74, 6) is -1.28. The Balaban J connectivity index is 1.76. The number of aryl methyl sites for hydroxylation is 1. The SMILES string of the molecule is CCc1ccccc1NC(=O)c1cncc(C(=O)Nc2cccc(F)c2)c1. The van der Waals surface area contributed by atoms with Crippen LogP contribution in [0.5, 0.6) is 0 Å². The van der Waals surface area contributed by atoms with Crippen LogP contribution in [0.3, 0.4) is 0 Å². The van der Waals surface area contributed by atoms with Gasteiger partial charge in [0.2, 0.25) is 0 Å². The predicted molar refractivity (Wildman–Crippen MR) is 102 cm³/mol. The van der Waals surface area contributed by atoms with Crippen LogP contribution in [0, 0.1) is 5.82 Å². The number of benzene rings is 2. The smallest absolute Gasteiger partial charge is 0.257 e. The first-order valence-corrected chi connectivity index (χ1v) is 8.48. The van der Waals surface area contributed by atoms with Crippen LogP contribution in [-0.2, 0) is 6.42 Å². The number of halogens is 1. The Morgan fingerprint density at radius 3 is 2.33 bits per heavy atom. The normalized spacial score (nSPS) is 10.3. The maximum atomic E-state index is 13.2. The number of para-hydroxylation sites is 1. The van der Waals surface area contributed by atoms with Gasteiger partial charge in [0.15, 0.2) is 0 Å². The lowest BCUT2D eigenvalue weighted by atomic mass is 10.1. The van der Waals surface area contributed by atoms with Gasteiger partial charge in [-0.2, -0.15) is 0 Å². The Kier molecular flexibility index (Phi) is 5.56. The number of nitrogens with one attached hydrogen (secondary N) is 2. The van der Waals surface area contributed by atoms with E-state index in [4.69, 9.17) is 0 Å². The van der Waals surface area contributed by atoms with Crippen molar-refractivity contribution in [3.63, 3.8) is 0 Å². The van der Waals surface area contributed by atoms with Crippen molar-refractivity contribution in [3.8, 4) is 0 Å². The molecule has 0 bridgehead atoms. The molecule has 0 aliphatic carbocycles. The molecule has 0 unspecified atom stereocenters. The van der Waals surface area contributed by atoms with Crippen LogP contribution < -0.4 is 10.6 Å². The van der Waals surface area contributed by atoms with E-state index in [9.17, 15) is 14.0 Å². The van der Waals surface area contributed by atoms with Crippen LogP contribution in [0.2, 0.25) is 0 Å². The van der Waals surface area contributed by atoms with Crippen molar-refractivity contribution in [1.29, 1.82) is 0 Å². The predicted octanol–water partition coefficient (Wildman–Crippen LogP) is 4.29. The van der Waals surface area contributed by atoms with Crippen molar-refractivity contribution in [2.75, 3.05) is 10.6 Å². The fraction of sp³-hybridized carbons (Fsp3) is 0.0952. The maximum Gasteiger partial charge on any atom is 0.257 e. The molecule has 1 heterocycles. The van der Waals surface area contributed by atoms with E-state index in [1.165, 1.54) is 36.7 Å². The standard InChI is InChI=1S/C21H18FN3O2/c1-2-14-6-3-4-9-19(14)25-21(27)16-10-15(12-23-13-16)20(26)24-18-8-5-7-17(22)11-18/h3-13H,2H2,1H3,(H,24,26)(H,25,27). The van der Waals surface area contributed by atoms with Crippen LogP contribution in [0.25, 0.3) is 0 Å². The third kappa shape index (κ3) is 4.55. The maximum absolute atomic E-state index is 13.2. The fourth-order valence-corrected chi connectivity index (χ4v) is 2.60. The molecule has 2 N–H and O–H groups in total. The van der Waals surface area contributed by atoms with E-state index in [1.54, 1.807) is 6.07 Å². The van der Waals surface area contributed by atoms with Crippen LogP contribution in [0.4, 0.5) is 15.8 Å². The summed E-state index contributed by atoms with van der Waals surface area (Å²) in [5.41, 5.74) is 2.52. The second kappa shape index (κ2) is 8.23. The van der Waals surface area contributed by atoms with E-state index < -0.39 is 11.7 Å². The molecule has 2 aromatic carbocycles. The summed E-state index contributed by atoms with van der Waals surface area (Å²) in [4.78, 5) is 28.9. The van der Waals surface area contributed by atoms with Gasteiger partial charge in [0.25, 0.3) is 11.8 Å². The zero-order valence-corrected chi connectivity index (χ0v) is 14.7. The van der Waals surface area contributed by atoms with Gasteiger partial charge < -0.3 is 10.6 Å². The third-order valence-corrected chi connectivity index (χ3v) is 3.99. The lowest BCUT2D eigenvalue weighted by molar-refractivity contribution is 0.102. The molecule has 3 rings (SSSR count). The van der Waals surface area contributed by atoms with E-state index in [-0.39, 0.29) is 17.0 Å². The van der Waals surface area contributed by atoms with Gasteiger partial charge in [-0.05, 0) is 42.3 Å². The summed E-state index contributed by atoms with van der Waals surface area (Å²) in [6, 6.07) is 14.5. The van der Waals surface area contributed by atoms with Gasteiger partial charge in [-0.3, -0.25) is 14.6 Å². The molecule has 136 valence electrons. The minimum Gasteiger partial charge on any atom is -0.322 e. The van der Waals surface area contributed by atoms with Gasteiger partial charge >= 0.3 is 0 Å². The van der Waals surface area contributed by atoms with Gasteiger partial charge in [-0.1, -0.05) is 31.2 Å². The van der Waals surface area contributed by atoms with Crippen molar-refractivity contribution in [1.82, 2.24) is 4.98 Å². The Morgan fingerprint density at radius 1 is 0.926 bits per heavy atom. The Morgan fingerprint density at radius 2 is 1.63 bits per heavy atom. The molecule has 0 saturated carbocycles. The van der Waals surface area contributed by atoms with Crippen molar-refractivity contribution < 1.29 is 14.0 Å². The topological polar surface area (TPSA) is 71.1 Å². The summed E-state index contributed by atoms with van der Waals surface area (Å²) < 4.78 is 13.2. The Labute approximate surface area is 156 Å². The summed E-state index contributed by atoms with van der Waals surface area (Å²) in [6.07, 6.45) is 3.53. The molecule has 0 atom stereocenters. The van der Waals surface area contributed by atoms with Gasteiger partial charge in [0.05, 0.1) is 11.1 Å². The highest BCUT2D eigenvalue weighted by molar-refractivity contribution is 6.08. The molecule has 0 saturated heterocycles. The van der Waals surface area contributed by atoms with Crippen molar-refractivity contribution in [3.05, 3.63) is 89.5 Å². The van der Waals surface area contributed by atoms with Crippen LogP contribution >= 0.6 is 0 Å². The van der Waals surface area contributed by atoms with Gasteiger partial charge in [-0.25, -0.2) is 4.39 Å². The largest absolute Gasteiger partial charge is 0.322 e. The molecule has 0 aliphatic heterocycles. The number of anilines is 2. The molecular weight excluding hydrogens is 345 g/mol. The average Bonchev–Trinajstić information content (AvgIpc) is 2.68. The third-order valence-electron chi connectivity index (χ3n) is 3.99. The summed E-state index contributed by atoms with van der Waals surface area (Å²) in [5, 5.41) is 5.42. The summed E-state index contributed by atoms with van der Waals surface area (Å²) >= 11 is 0. The first-order chi connectivity index (χ1) is 13.1. The number of amides is 2. The lowest BCUT2D eigenvalue weighted by Crippen LogP contribution is -2.16. The first kappa shape index (κ1) is 18.3. The highest BCUT2D eigenvalue weighted by atomic mass is 19.1. The minimum absolute atomic E-state index is 0.204. The molecule has 0 fully saturated rings. The highest BCUT2D eigenvalue weighted by Gasteiger charge is 2.13. The number of hydrogen-bond donors (Lipinski definition) is 2. The summed E-state index contributed by atoms with van der Waals surface area (Å²) in [7, 11) is 0. The molecular formula is C21H18FN3O2. The number of aromatic nitrogens is 1. The number of carbonyl (C=O) groups excluding carboxylic acids is 2. The molecule has 27 heavy (non-hydrogen) atoms. The molecule has 0 aliphatic rings. The first-order valence-electron chi connectivity index (χ1n) is 8.48. The van der Waals surface area contributed by atoms with E-state index in [2.05, 4.69) is 15.6 Å². The van der Waals surface area contributed by atoms with Gasteiger partial charge in [-0.15, -0.1) is 0 Å². The highest BCUT2D eigenvalue weighted by Crippen LogP contribution is 2.17. The molecule has 0 spiro atoms. The van der Waals surface area contributed by atoms with Gasteiger partial charge in [0.1, 0.15) is 5.82 Å². The number of hydrogen-bond acceptors (Lipinski definition) is 3. The fourth-order valence-electron chi connectivity index (χ4n) is 2.60. The molecule has 2 amide bonds. The second-order valence-corrected chi connectivity index (χ2v) is 5.89. The lowest BCUT2D eigenvalue weighted by Gasteiger charge is -2.10. The van der Waals surface area contributed by atoms with E-state index in [0.29, 0.717) is 5.69 Å². The zero-order valence-electron chi connectivity index (χ0n) is 14.7. The van der Waals surface area contributed by atoms with Crippen LogP contribution in [-0.4, -0.2) is 16.8 Å². The van der Waals surface area contributed by atoms with Crippen LogP contribution in [0.1, 0.15) is 33.2 Å². The van der Waals surface area contributed by atoms with E-state index >= 15 is 0 Å². The Bertz CT molecular complexity index is 988.